The van der Waals surface area contributed by atoms with Crippen molar-refractivity contribution in [2.75, 3.05) is 11.1 Å². The molecule has 2 aromatic rings. The van der Waals surface area contributed by atoms with E-state index in [4.69, 9.17) is 0 Å². The molecule has 0 atom stereocenters. The minimum atomic E-state index is -0.462. The monoisotopic (exact) mass is 296 g/mol. The number of carbonyl (C=O) groups excluding carboxylic acids is 1. The van der Waals surface area contributed by atoms with Crippen LogP contribution in [0.3, 0.4) is 0 Å². The van der Waals surface area contributed by atoms with Crippen LogP contribution in [0.25, 0.3) is 0 Å². The van der Waals surface area contributed by atoms with E-state index < -0.39 is 4.92 Å². The number of nitrogens with one attached hydrogen (secondary N) is 1. The smallest absolute Gasteiger partial charge is 0.269 e. The van der Waals surface area contributed by atoms with Gasteiger partial charge in [-0.3, -0.25) is 20.2 Å². The molecule has 98 valence electrons. The second-order valence-electron chi connectivity index (χ2n) is 3.33. The van der Waals surface area contributed by atoms with Crippen LogP contribution in [-0.2, 0) is 4.79 Å². The van der Waals surface area contributed by atoms with Gasteiger partial charge in [0.1, 0.15) is 5.51 Å². The van der Waals surface area contributed by atoms with Crippen LogP contribution in [0, 0.1) is 10.1 Å². The van der Waals surface area contributed by atoms with Gasteiger partial charge >= 0.3 is 0 Å². The fourth-order valence-electron chi connectivity index (χ4n) is 1.20. The fourth-order valence-corrected chi connectivity index (χ4v) is 2.36. The number of non-ortho nitro benzene ring substituents is 1. The first-order valence-electron chi connectivity index (χ1n) is 5.08. The fraction of sp³-hybridized carbons (Fsp3) is 0.100. The summed E-state index contributed by atoms with van der Waals surface area (Å²) in [4.78, 5) is 22.4. The first kappa shape index (κ1) is 13.4. The Kier molecular flexibility index (Phi) is 4.42. The van der Waals surface area contributed by atoms with Gasteiger partial charge in [0.05, 0.1) is 10.7 Å². The van der Waals surface area contributed by atoms with Crippen LogP contribution in [0.15, 0.2) is 34.7 Å². The number of carbonyl (C=O) groups is 1. The van der Waals surface area contributed by atoms with Crippen molar-refractivity contribution in [2.24, 2.45) is 0 Å². The minimum Gasteiger partial charge on any atom is -0.300 e. The number of rotatable bonds is 5. The predicted octanol–water partition coefficient (Wildman–Crippen LogP) is 2.18. The number of anilines is 1. The lowest BCUT2D eigenvalue weighted by molar-refractivity contribution is -0.384. The number of hydrogen-bond donors (Lipinski definition) is 1. The number of aromatic nitrogens is 2. The van der Waals surface area contributed by atoms with E-state index in [1.54, 1.807) is 12.1 Å². The molecule has 0 radical (unpaired) electrons. The molecule has 1 amide bonds. The highest BCUT2D eigenvalue weighted by molar-refractivity contribution is 8.00. The summed E-state index contributed by atoms with van der Waals surface area (Å²) >= 11 is 2.53. The van der Waals surface area contributed by atoms with Crippen molar-refractivity contribution in [1.29, 1.82) is 0 Å². The SMILES string of the molecule is O=C(CSc1ccc([N+](=O)[O-])cc1)Nc1nncs1. The Balaban J connectivity index is 1.84. The first-order valence-corrected chi connectivity index (χ1v) is 6.95. The molecule has 1 aromatic heterocycles. The van der Waals surface area contributed by atoms with Gasteiger partial charge in [-0.15, -0.1) is 22.0 Å². The Hall–Kier alpha value is -2.00. The molecule has 0 aliphatic heterocycles. The second kappa shape index (κ2) is 6.25. The zero-order valence-corrected chi connectivity index (χ0v) is 11.1. The van der Waals surface area contributed by atoms with E-state index in [1.165, 1.54) is 40.7 Å². The minimum absolute atomic E-state index is 0.0302. The third-order valence-electron chi connectivity index (χ3n) is 2.02. The van der Waals surface area contributed by atoms with Crippen LogP contribution >= 0.6 is 23.1 Å². The average Bonchev–Trinajstić information content (AvgIpc) is 2.89. The van der Waals surface area contributed by atoms with Crippen molar-refractivity contribution < 1.29 is 9.72 Å². The number of thioether (sulfide) groups is 1. The molecule has 0 saturated heterocycles. The quantitative estimate of drug-likeness (QED) is 0.516. The van der Waals surface area contributed by atoms with Gasteiger partial charge in [0.2, 0.25) is 11.0 Å². The molecule has 2 rings (SSSR count). The third kappa shape index (κ3) is 4.00. The van der Waals surface area contributed by atoms with E-state index in [0.717, 1.165) is 4.90 Å². The van der Waals surface area contributed by atoms with Gasteiger partial charge in [-0.1, -0.05) is 11.3 Å². The van der Waals surface area contributed by atoms with Crippen LogP contribution in [0.2, 0.25) is 0 Å². The summed E-state index contributed by atoms with van der Waals surface area (Å²) in [6, 6.07) is 6.04. The second-order valence-corrected chi connectivity index (χ2v) is 5.21. The normalized spacial score (nSPS) is 10.1. The lowest BCUT2D eigenvalue weighted by Crippen LogP contribution is -2.13. The van der Waals surface area contributed by atoms with Gasteiger partial charge in [-0.05, 0) is 12.1 Å². The summed E-state index contributed by atoms with van der Waals surface area (Å²) in [5.74, 6) is 0.0114. The zero-order chi connectivity index (χ0) is 13.7. The van der Waals surface area contributed by atoms with Crippen LogP contribution in [0.4, 0.5) is 10.8 Å². The number of nitro benzene ring substituents is 1. The van der Waals surface area contributed by atoms with E-state index in [9.17, 15) is 14.9 Å². The van der Waals surface area contributed by atoms with Crippen LogP contribution in [0.1, 0.15) is 0 Å². The van der Waals surface area contributed by atoms with Crippen LogP contribution in [0.5, 0.6) is 0 Å². The highest BCUT2D eigenvalue weighted by atomic mass is 32.2. The molecule has 0 spiro atoms. The van der Waals surface area contributed by atoms with Gasteiger partial charge in [0.25, 0.3) is 5.69 Å². The summed E-state index contributed by atoms with van der Waals surface area (Å²) in [6.45, 7) is 0. The van der Waals surface area contributed by atoms with Crippen LogP contribution < -0.4 is 5.32 Å². The Bertz CT molecular complexity index is 571. The van der Waals surface area contributed by atoms with Gasteiger partial charge in [0, 0.05) is 17.0 Å². The van der Waals surface area contributed by atoms with E-state index in [2.05, 4.69) is 15.5 Å². The molecular formula is C10H8N4O3S2. The first-order chi connectivity index (χ1) is 9.15. The van der Waals surface area contributed by atoms with E-state index in [0.29, 0.717) is 5.13 Å². The maximum Gasteiger partial charge on any atom is 0.269 e. The summed E-state index contributed by atoms with van der Waals surface area (Å²) in [6.07, 6.45) is 0. The van der Waals surface area contributed by atoms with Crippen molar-refractivity contribution in [3.8, 4) is 0 Å². The molecule has 0 aliphatic rings. The predicted molar refractivity (Wildman–Crippen MR) is 72.4 cm³/mol. The number of amides is 1. The van der Waals surface area contributed by atoms with E-state index in [1.807, 2.05) is 0 Å². The summed E-state index contributed by atoms with van der Waals surface area (Å²) in [5, 5.41) is 20.8. The summed E-state index contributed by atoms with van der Waals surface area (Å²) in [5.41, 5.74) is 1.56. The molecule has 0 saturated carbocycles. The van der Waals surface area contributed by atoms with Crippen LogP contribution in [-0.4, -0.2) is 26.8 Å². The molecule has 1 heterocycles. The molecule has 19 heavy (non-hydrogen) atoms. The van der Waals surface area contributed by atoms with Crippen molar-refractivity contribution in [2.45, 2.75) is 4.90 Å². The Labute approximate surface area is 116 Å². The van der Waals surface area contributed by atoms with Crippen molar-refractivity contribution >= 4 is 39.8 Å². The number of nitro groups is 1. The highest BCUT2D eigenvalue weighted by Gasteiger charge is 2.07. The molecule has 0 bridgehead atoms. The van der Waals surface area contributed by atoms with Crippen molar-refractivity contribution in [1.82, 2.24) is 10.2 Å². The highest BCUT2D eigenvalue weighted by Crippen LogP contribution is 2.21. The average molecular weight is 296 g/mol. The Morgan fingerprint density at radius 2 is 2.16 bits per heavy atom. The summed E-state index contributed by atoms with van der Waals surface area (Å²) < 4.78 is 0. The maximum absolute atomic E-state index is 11.6. The Morgan fingerprint density at radius 1 is 1.42 bits per heavy atom. The maximum atomic E-state index is 11.6. The summed E-state index contributed by atoms with van der Waals surface area (Å²) in [7, 11) is 0. The molecule has 9 heteroatoms. The molecule has 7 nitrogen and oxygen atoms in total. The van der Waals surface area contributed by atoms with Gasteiger partial charge in [-0.25, -0.2) is 0 Å². The standard InChI is InChI=1S/C10H8N4O3S2/c15-9(12-10-13-11-6-19-10)5-18-8-3-1-7(2-4-8)14(16)17/h1-4,6H,5H2,(H,12,13,15). The number of benzene rings is 1. The van der Waals surface area contributed by atoms with E-state index >= 15 is 0 Å². The molecule has 1 aromatic carbocycles. The zero-order valence-electron chi connectivity index (χ0n) is 9.48. The number of nitrogens with zero attached hydrogens (tertiary/aromatic N) is 3. The molecular weight excluding hydrogens is 288 g/mol. The van der Waals surface area contributed by atoms with Gasteiger partial charge < -0.3 is 0 Å². The molecule has 1 N–H and O–H groups in total. The topological polar surface area (TPSA) is 98.0 Å². The third-order valence-corrected chi connectivity index (χ3v) is 3.64. The lowest BCUT2D eigenvalue weighted by Gasteiger charge is -2.01. The molecule has 0 fully saturated rings. The van der Waals surface area contributed by atoms with Gasteiger partial charge in [-0.2, -0.15) is 0 Å². The van der Waals surface area contributed by atoms with Crippen molar-refractivity contribution in [3.63, 3.8) is 0 Å². The van der Waals surface area contributed by atoms with Gasteiger partial charge in [0.15, 0.2) is 0 Å². The van der Waals surface area contributed by atoms with Crippen molar-refractivity contribution in [3.05, 3.63) is 39.9 Å². The molecule has 0 unspecified atom stereocenters. The van der Waals surface area contributed by atoms with E-state index in [-0.39, 0.29) is 17.3 Å². The molecule has 0 aliphatic carbocycles. The largest absolute Gasteiger partial charge is 0.300 e. The number of hydrogen-bond acceptors (Lipinski definition) is 7. The lowest BCUT2D eigenvalue weighted by atomic mass is 10.3. The Morgan fingerprint density at radius 3 is 2.74 bits per heavy atom.